The van der Waals surface area contributed by atoms with Crippen molar-refractivity contribution in [1.29, 1.82) is 0 Å². The number of carbonyl (C=O) groups is 2. The molecular weight excluding hydrogens is 379 g/mol. The van der Waals surface area contributed by atoms with Crippen LogP contribution in [-0.4, -0.2) is 37.9 Å². The number of aromatic amines is 1. The molecule has 28 heavy (non-hydrogen) atoms. The third-order valence-corrected chi connectivity index (χ3v) is 3.95. The lowest BCUT2D eigenvalue weighted by molar-refractivity contribution is -0.363. The summed E-state index contributed by atoms with van der Waals surface area (Å²) < 4.78 is 51.6. The van der Waals surface area contributed by atoms with Gasteiger partial charge in [-0.2, -0.15) is 13.2 Å². The van der Waals surface area contributed by atoms with Crippen molar-refractivity contribution in [3.05, 3.63) is 53.7 Å². The highest BCUT2D eigenvalue weighted by molar-refractivity contribution is 6.01. The number of H-pyrrole nitrogens is 1. The van der Waals surface area contributed by atoms with E-state index < -0.39 is 23.7 Å². The van der Waals surface area contributed by atoms with E-state index in [0.29, 0.717) is 5.56 Å². The molecule has 0 spiro atoms. The van der Waals surface area contributed by atoms with Crippen LogP contribution in [0.2, 0.25) is 0 Å². The maximum atomic E-state index is 14.1. The highest BCUT2D eigenvalue weighted by Gasteiger charge is 2.68. The maximum Gasteiger partial charge on any atom is 0.464 e. The molecule has 1 amide bonds. The number of methoxy groups -OCH3 is 2. The number of rotatable bonds is 6. The first-order valence-corrected chi connectivity index (χ1v) is 8.02. The van der Waals surface area contributed by atoms with Gasteiger partial charge in [0, 0.05) is 5.56 Å². The SMILES string of the molecule is COC(=O)[C@@](NC(=O)c1ccccc1OC)(Nc1[nH+]cccc1C)C(F)(F)F. The number of ether oxygens (including phenoxy) is 2. The van der Waals surface area contributed by atoms with E-state index in [-0.39, 0.29) is 17.1 Å². The fourth-order valence-electron chi connectivity index (χ4n) is 2.46. The van der Waals surface area contributed by atoms with Gasteiger partial charge >= 0.3 is 17.8 Å². The van der Waals surface area contributed by atoms with Crippen molar-refractivity contribution in [2.24, 2.45) is 0 Å². The molecule has 1 aromatic heterocycles. The summed E-state index contributed by atoms with van der Waals surface area (Å²) in [6, 6.07) is 8.78. The lowest BCUT2D eigenvalue weighted by Crippen LogP contribution is -2.69. The molecule has 150 valence electrons. The highest BCUT2D eigenvalue weighted by atomic mass is 19.4. The minimum absolute atomic E-state index is 0.0448. The van der Waals surface area contributed by atoms with Crippen LogP contribution < -0.4 is 20.4 Å². The minimum atomic E-state index is -5.24. The molecule has 0 radical (unpaired) electrons. The summed E-state index contributed by atoms with van der Waals surface area (Å²) in [6.07, 6.45) is -3.87. The van der Waals surface area contributed by atoms with Gasteiger partial charge in [0.25, 0.3) is 11.7 Å². The number of aryl methyl sites for hydroxylation is 1. The predicted octanol–water partition coefficient (Wildman–Crippen LogP) is 2.09. The molecule has 1 heterocycles. The van der Waals surface area contributed by atoms with E-state index in [0.717, 1.165) is 7.11 Å². The van der Waals surface area contributed by atoms with Crippen LogP contribution in [0, 0.1) is 6.92 Å². The van der Waals surface area contributed by atoms with Crippen molar-refractivity contribution in [3.8, 4) is 5.75 Å². The molecule has 2 aromatic rings. The number of carbonyl (C=O) groups excluding carboxylic acids is 2. The van der Waals surface area contributed by atoms with E-state index in [1.165, 1.54) is 44.5 Å². The Morgan fingerprint density at radius 2 is 1.75 bits per heavy atom. The van der Waals surface area contributed by atoms with Gasteiger partial charge in [0.1, 0.15) is 5.75 Å². The first-order valence-electron chi connectivity index (χ1n) is 8.02. The summed E-state index contributed by atoms with van der Waals surface area (Å²) >= 11 is 0. The fraction of sp³-hybridized carbons (Fsp3) is 0.278. The van der Waals surface area contributed by atoms with Crippen LogP contribution in [0.25, 0.3) is 0 Å². The molecule has 0 aliphatic carbocycles. The van der Waals surface area contributed by atoms with Crippen molar-refractivity contribution in [3.63, 3.8) is 0 Å². The van der Waals surface area contributed by atoms with Crippen molar-refractivity contribution in [2.75, 3.05) is 19.5 Å². The van der Waals surface area contributed by atoms with E-state index in [9.17, 15) is 22.8 Å². The molecule has 0 saturated heterocycles. The Balaban J connectivity index is 2.55. The quantitative estimate of drug-likeness (QED) is 0.575. The Hall–Kier alpha value is -3.30. The maximum absolute atomic E-state index is 14.1. The Labute approximate surface area is 158 Å². The van der Waals surface area contributed by atoms with Crippen molar-refractivity contribution in [2.45, 2.75) is 18.8 Å². The van der Waals surface area contributed by atoms with Crippen LogP contribution >= 0.6 is 0 Å². The van der Waals surface area contributed by atoms with Crippen molar-refractivity contribution in [1.82, 2.24) is 5.32 Å². The molecule has 0 unspecified atom stereocenters. The summed E-state index contributed by atoms with van der Waals surface area (Å²) in [5.41, 5.74) is -3.34. The number of nitrogens with one attached hydrogen (secondary N) is 3. The number of amides is 1. The van der Waals surface area contributed by atoms with Crippen molar-refractivity contribution >= 4 is 17.7 Å². The molecule has 0 fully saturated rings. The van der Waals surface area contributed by atoms with Crippen LogP contribution in [-0.2, 0) is 9.53 Å². The number of alkyl halides is 3. The lowest BCUT2D eigenvalue weighted by atomic mass is 10.1. The number of benzene rings is 1. The molecule has 1 aromatic carbocycles. The number of esters is 1. The van der Waals surface area contributed by atoms with E-state index in [2.05, 4.69) is 15.0 Å². The van der Waals surface area contributed by atoms with E-state index >= 15 is 0 Å². The Kier molecular flexibility index (Phi) is 6.12. The zero-order valence-electron chi connectivity index (χ0n) is 15.3. The molecule has 0 bridgehead atoms. The molecule has 10 heteroatoms. The predicted molar refractivity (Wildman–Crippen MR) is 92.6 cm³/mol. The van der Waals surface area contributed by atoms with Gasteiger partial charge in [0.05, 0.1) is 26.0 Å². The first kappa shape index (κ1) is 21.0. The number of pyridine rings is 1. The molecule has 3 N–H and O–H groups in total. The summed E-state index contributed by atoms with van der Waals surface area (Å²) in [7, 11) is 2.06. The van der Waals surface area contributed by atoms with Crippen LogP contribution in [0.15, 0.2) is 42.6 Å². The fourth-order valence-corrected chi connectivity index (χ4v) is 2.46. The summed E-state index contributed by atoms with van der Waals surface area (Å²) in [5.74, 6) is -2.99. The second-order valence-corrected chi connectivity index (χ2v) is 5.75. The van der Waals surface area contributed by atoms with Gasteiger partial charge in [-0.15, -0.1) is 0 Å². The van der Waals surface area contributed by atoms with Crippen LogP contribution in [0.3, 0.4) is 0 Å². The average molecular weight is 398 g/mol. The van der Waals surface area contributed by atoms with Crippen LogP contribution in [0.1, 0.15) is 15.9 Å². The highest BCUT2D eigenvalue weighted by Crippen LogP contribution is 2.33. The number of halogens is 3. The second kappa shape index (κ2) is 8.15. The summed E-state index contributed by atoms with van der Waals surface area (Å²) in [4.78, 5) is 27.5. The number of hydrogen-bond donors (Lipinski definition) is 2. The molecule has 7 nitrogen and oxygen atoms in total. The molecule has 2 rings (SSSR count). The Morgan fingerprint density at radius 3 is 2.32 bits per heavy atom. The molecule has 0 saturated carbocycles. The van der Waals surface area contributed by atoms with Gasteiger partial charge in [-0.25, -0.2) is 15.1 Å². The van der Waals surface area contributed by atoms with Gasteiger partial charge < -0.3 is 9.47 Å². The topological polar surface area (TPSA) is 90.8 Å². The summed E-state index contributed by atoms with van der Waals surface area (Å²) in [5, 5.41) is 3.80. The smallest absolute Gasteiger partial charge is 0.464 e. The zero-order valence-corrected chi connectivity index (χ0v) is 15.3. The average Bonchev–Trinajstić information content (AvgIpc) is 2.67. The molecular formula is C18H19F3N3O4+. The van der Waals surface area contributed by atoms with Crippen LogP contribution in [0.4, 0.5) is 19.0 Å². The van der Waals surface area contributed by atoms with Gasteiger partial charge in [0.2, 0.25) is 0 Å². The zero-order chi connectivity index (χ0) is 20.9. The van der Waals surface area contributed by atoms with E-state index in [1.807, 2.05) is 0 Å². The van der Waals surface area contributed by atoms with Gasteiger partial charge in [-0.3, -0.25) is 10.1 Å². The van der Waals surface area contributed by atoms with Gasteiger partial charge in [-0.1, -0.05) is 12.1 Å². The normalized spacial score (nSPS) is 13.2. The monoisotopic (exact) mass is 398 g/mol. The molecule has 0 aliphatic rings. The lowest BCUT2D eigenvalue weighted by Gasteiger charge is -2.30. The Morgan fingerprint density at radius 1 is 1.07 bits per heavy atom. The van der Waals surface area contributed by atoms with E-state index in [1.54, 1.807) is 17.4 Å². The van der Waals surface area contributed by atoms with Gasteiger partial charge in [-0.05, 0) is 31.2 Å². The van der Waals surface area contributed by atoms with Crippen LogP contribution in [0.5, 0.6) is 5.75 Å². The third kappa shape index (κ3) is 4.00. The second-order valence-electron chi connectivity index (χ2n) is 5.75. The summed E-state index contributed by atoms with van der Waals surface area (Å²) in [6.45, 7) is 1.53. The Bertz CT molecular complexity index is 873. The first-order chi connectivity index (χ1) is 13.2. The minimum Gasteiger partial charge on any atom is -0.496 e. The molecule has 1 atom stereocenters. The van der Waals surface area contributed by atoms with E-state index in [4.69, 9.17) is 4.74 Å². The standard InChI is InChI=1S/C18H18F3N3O4/c1-11-7-6-10-22-14(11)23-17(16(26)28-3,18(19,20)21)24-15(25)12-8-4-5-9-13(12)27-2/h4-10H,1-3H3,(H,22,23)(H,24,25)/p+1/t17-/m0/s1. The number of anilines is 1. The third-order valence-electron chi connectivity index (χ3n) is 3.95. The number of para-hydroxylation sites is 1. The molecule has 0 aliphatic heterocycles. The van der Waals surface area contributed by atoms with Crippen molar-refractivity contribution < 1.29 is 37.2 Å². The number of aromatic nitrogens is 1. The largest absolute Gasteiger partial charge is 0.496 e. The van der Waals surface area contributed by atoms with Gasteiger partial charge in [0.15, 0.2) is 0 Å². The number of hydrogen-bond acceptors (Lipinski definition) is 5.